The molecule has 0 amide bonds. The van der Waals surface area contributed by atoms with Crippen LogP contribution in [0.5, 0.6) is 5.75 Å². The summed E-state index contributed by atoms with van der Waals surface area (Å²) in [5.41, 5.74) is 1.43. The van der Waals surface area contributed by atoms with Crippen LogP contribution in [0.4, 0.5) is 11.5 Å². The second-order valence-corrected chi connectivity index (χ2v) is 5.47. The fourth-order valence-electron chi connectivity index (χ4n) is 2.92. The minimum Gasteiger partial charge on any atom is -0.495 e. The number of methoxy groups -OCH3 is 1. The summed E-state index contributed by atoms with van der Waals surface area (Å²) in [7, 11) is 1.69. The van der Waals surface area contributed by atoms with Crippen molar-refractivity contribution in [2.45, 2.75) is 18.9 Å². The SMILES string of the molecule is COc1ccccc1N1CCC[C@@H](Nc2nccnc2C#N)C1. The fourth-order valence-corrected chi connectivity index (χ4v) is 2.92. The Balaban J connectivity index is 1.75. The van der Waals surface area contributed by atoms with Crippen molar-refractivity contribution >= 4 is 11.5 Å². The van der Waals surface area contributed by atoms with Gasteiger partial charge in [0.25, 0.3) is 0 Å². The number of anilines is 2. The van der Waals surface area contributed by atoms with Crippen LogP contribution in [0, 0.1) is 11.3 Å². The van der Waals surface area contributed by atoms with E-state index in [1.807, 2.05) is 18.2 Å². The number of piperidine rings is 1. The molecule has 1 aliphatic rings. The fraction of sp³-hybridized carbons (Fsp3) is 0.353. The Kier molecular flexibility index (Phi) is 4.57. The highest BCUT2D eigenvalue weighted by molar-refractivity contribution is 5.59. The second kappa shape index (κ2) is 6.97. The number of hydrogen-bond acceptors (Lipinski definition) is 6. The Morgan fingerprint density at radius 1 is 1.30 bits per heavy atom. The van der Waals surface area contributed by atoms with E-state index in [0.29, 0.717) is 11.5 Å². The number of hydrogen-bond donors (Lipinski definition) is 1. The van der Waals surface area contributed by atoms with E-state index in [0.717, 1.165) is 37.4 Å². The number of nitrogens with one attached hydrogen (secondary N) is 1. The summed E-state index contributed by atoms with van der Waals surface area (Å²) in [4.78, 5) is 10.6. The minimum absolute atomic E-state index is 0.220. The van der Waals surface area contributed by atoms with Gasteiger partial charge in [0.05, 0.1) is 12.8 Å². The van der Waals surface area contributed by atoms with Crippen LogP contribution in [0.15, 0.2) is 36.7 Å². The lowest BCUT2D eigenvalue weighted by Gasteiger charge is -2.35. The van der Waals surface area contributed by atoms with Gasteiger partial charge in [-0.1, -0.05) is 12.1 Å². The Bertz CT molecular complexity index is 712. The standard InChI is InChI=1S/C17H19N5O/c1-23-16-7-3-2-6-15(16)22-10-4-5-13(12-22)21-17-14(11-18)19-8-9-20-17/h2-3,6-9,13H,4-5,10,12H2,1H3,(H,20,21)/t13-/m1/s1. The van der Waals surface area contributed by atoms with Crippen molar-refractivity contribution in [2.75, 3.05) is 30.4 Å². The maximum Gasteiger partial charge on any atom is 0.182 e. The van der Waals surface area contributed by atoms with Gasteiger partial charge in [-0.25, -0.2) is 9.97 Å². The van der Waals surface area contributed by atoms with Crippen molar-refractivity contribution in [3.8, 4) is 11.8 Å². The molecule has 0 radical (unpaired) electrons. The molecule has 0 bridgehead atoms. The normalized spacial score (nSPS) is 17.4. The van der Waals surface area contributed by atoms with Crippen LogP contribution >= 0.6 is 0 Å². The minimum atomic E-state index is 0.220. The molecule has 2 heterocycles. The Morgan fingerprint density at radius 3 is 2.96 bits per heavy atom. The zero-order valence-corrected chi connectivity index (χ0v) is 13.1. The van der Waals surface area contributed by atoms with Gasteiger partial charge in [-0.05, 0) is 25.0 Å². The lowest BCUT2D eigenvalue weighted by Crippen LogP contribution is -2.42. The highest BCUT2D eigenvalue weighted by atomic mass is 16.5. The average Bonchev–Trinajstić information content (AvgIpc) is 2.62. The first-order chi connectivity index (χ1) is 11.3. The molecular formula is C17H19N5O. The maximum absolute atomic E-state index is 9.13. The predicted molar refractivity (Wildman–Crippen MR) is 88.6 cm³/mol. The molecule has 1 aliphatic heterocycles. The van der Waals surface area contributed by atoms with E-state index < -0.39 is 0 Å². The van der Waals surface area contributed by atoms with Crippen LogP contribution in [-0.4, -0.2) is 36.2 Å². The summed E-state index contributed by atoms with van der Waals surface area (Å²) in [5, 5.41) is 12.5. The molecule has 118 valence electrons. The summed E-state index contributed by atoms with van der Waals surface area (Å²) >= 11 is 0. The van der Waals surface area contributed by atoms with Crippen LogP contribution in [-0.2, 0) is 0 Å². The molecule has 0 spiro atoms. The van der Waals surface area contributed by atoms with Crippen LogP contribution in [0.3, 0.4) is 0 Å². The van der Waals surface area contributed by atoms with Gasteiger partial charge in [0.2, 0.25) is 0 Å². The molecule has 0 saturated carbocycles. The van der Waals surface area contributed by atoms with Gasteiger partial charge in [-0.3, -0.25) is 0 Å². The zero-order chi connectivity index (χ0) is 16.1. The number of nitrogens with zero attached hydrogens (tertiary/aromatic N) is 4. The van der Waals surface area contributed by atoms with E-state index in [9.17, 15) is 0 Å². The number of rotatable bonds is 4. The number of benzene rings is 1. The smallest absolute Gasteiger partial charge is 0.182 e. The Hall–Kier alpha value is -2.81. The van der Waals surface area contributed by atoms with E-state index in [1.54, 1.807) is 13.3 Å². The quantitative estimate of drug-likeness (QED) is 0.935. The van der Waals surface area contributed by atoms with E-state index in [4.69, 9.17) is 10.00 Å². The van der Waals surface area contributed by atoms with Gasteiger partial charge < -0.3 is 15.0 Å². The Labute approximate surface area is 135 Å². The molecule has 1 saturated heterocycles. The average molecular weight is 309 g/mol. The molecule has 2 aromatic rings. The summed E-state index contributed by atoms with van der Waals surface area (Å²) in [6.45, 7) is 1.83. The molecule has 1 N–H and O–H groups in total. The molecule has 1 atom stereocenters. The molecular weight excluding hydrogens is 290 g/mol. The highest BCUT2D eigenvalue weighted by Crippen LogP contribution is 2.30. The third kappa shape index (κ3) is 3.34. The van der Waals surface area contributed by atoms with E-state index in [1.165, 1.54) is 6.20 Å². The van der Waals surface area contributed by atoms with Gasteiger partial charge in [0.1, 0.15) is 11.8 Å². The molecule has 6 nitrogen and oxygen atoms in total. The molecule has 6 heteroatoms. The zero-order valence-electron chi connectivity index (χ0n) is 13.1. The molecule has 1 aromatic heterocycles. The van der Waals surface area contributed by atoms with Crippen LogP contribution in [0.2, 0.25) is 0 Å². The molecule has 1 aromatic carbocycles. The van der Waals surface area contributed by atoms with Crippen molar-refractivity contribution in [1.29, 1.82) is 5.26 Å². The van der Waals surface area contributed by atoms with Crippen molar-refractivity contribution < 1.29 is 4.74 Å². The number of nitriles is 1. The monoisotopic (exact) mass is 309 g/mol. The molecule has 0 unspecified atom stereocenters. The van der Waals surface area contributed by atoms with Crippen molar-refractivity contribution in [1.82, 2.24) is 9.97 Å². The third-order valence-corrected chi connectivity index (χ3v) is 3.99. The van der Waals surface area contributed by atoms with Crippen molar-refractivity contribution in [2.24, 2.45) is 0 Å². The van der Waals surface area contributed by atoms with Gasteiger partial charge in [0.15, 0.2) is 11.5 Å². The number of aromatic nitrogens is 2. The first-order valence-corrected chi connectivity index (χ1v) is 7.67. The van der Waals surface area contributed by atoms with E-state index in [-0.39, 0.29) is 6.04 Å². The predicted octanol–water partition coefficient (Wildman–Crippen LogP) is 2.44. The van der Waals surface area contributed by atoms with Gasteiger partial charge >= 0.3 is 0 Å². The molecule has 1 fully saturated rings. The second-order valence-electron chi connectivity index (χ2n) is 5.47. The lowest BCUT2D eigenvalue weighted by molar-refractivity contribution is 0.411. The number of ether oxygens (including phenoxy) is 1. The van der Waals surface area contributed by atoms with Crippen molar-refractivity contribution in [3.05, 3.63) is 42.4 Å². The summed E-state index contributed by atoms with van der Waals surface area (Å²) < 4.78 is 5.46. The van der Waals surface area contributed by atoms with Crippen molar-refractivity contribution in [3.63, 3.8) is 0 Å². The van der Waals surface area contributed by atoms with Crippen LogP contribution < -0.4 is 15.0 Å². The third-order valence-electron chi connectivity index (χ3n) is 3.99. The number of para-hydroxylation sites is 2. The van der Waals surface area contributed by atoms with E-state index in [2.05, 4.69) is 32.3 Å². The summed E-state index contributed by atoms with van der Waals surface area (Å²) in [6, 6.07) is 10.3. The molecule has 0 aliphatic carbocycles. The highest BCUT2D eigenvalue weighted by Gasteiger charge is 2.23. The summed E-state index contributed by atoms with van der Waals surface area (Å²) in [6.07, 6.45) is 5.24. The van der Waals surface area contributed by atoms with Crippen LogP contribution in [0.1, 0.15) is 18.5 Å². The van der Waals surface area contributed by atoms with Gasteiger partial charge in [-0.15, -0.1) is 0 Å². The lowest BCUT2D eigenvalue weighted by atomic mass is 10.0. The van der Waals surface area contributed by atoms with Crippen LogP contribution in [0.25, 0.3) is 0 Å². The molecule has 23 heavy (non-hydrogen) atoms. The van der Waals surface area contributed by atoms with Gasteiger partial charge in [0, 0.05) is 31.5 Å². The largest absolute Gasteiger partial charge is 0.495 e. The summed E-state index contributed by atoms with van der Waals surface area (Å²) in [5.74, 6) is 1.44. The first-order valence-electron chi connectivity index (χ1n) is 7.67. The maximum atomic E-state index is 9.13. The molecule has 3 rings (SSSR count). The van der Waals surface area contributed by atoms with E-state index >= 15 is 0 Å². The Morgan fingerprint density at radius 2 is 2.13 bits per heavy atom. The first kappa shape index (κ1) is 15.1. The topological polar surface area (TPSA) is 74.1 Å². The van der Waals surface area contributed by atoms with Gasteiger partial charge in [-0.2, -0.15) is 5.26 Å².